The summed E-state index contributed by atoms with van der Waals surface area (Å²) < 4.78 is 0. The number of piperazine rings is 1. The van der Waals surface area contributed by atoms with Crippen molar-refractivity contribution in [1.82, 2.24) is 9.80 Å². The molecule has 1 saturated heterocycles. The number of rotatable bonds is 2. The first kappa shape index (κ1) is 15.6. The predicted octanol–water partition coefficient (Wildman–Crippen LogP) is 2.43. The molecule has 0 spiro atoms. The Morgan fingerprint density at radius 3 is 2.05 bits per heavy atom. The molecule has 0 bridgehead atoms. The average Bonchev–Trinajstić information content (AvgIpc) is 2.49. The van der Waals surface area contributed by atoms with Crippen molar-refractivity contribution >= 4 is 29.5 Å². The van der Waals surface area contributed by atoms with E-state index >= 15 is 0 Å². The lowest BCUT2D eigenvalue weighted by Crippen LogP contribution is -2.50. The molecule has 0 atom stereocenters. The van der Waals surface area contributed by atoms with Gasteiger partial charge >= 0.3 is 0 Å². The van der Waals surface area contributed by atoms with E-state index < -0.39 is 0 Å². The summed E-state index contributed by atoms with van der Waals surface area (Å²) in [7, 11) is 0. The van der Waals surface area contributed by atoms with Gasteiger partial charge in [0.1, 0.15) is 0 Å². The minimum atomic E-state index is 0.0214. The number of hydrogen-bond donors (Lipinski definition) is 0. The molecule has 1 aliphatic heterocycles. The number of amides is 2. The molecule has 1 aromatic rings. The lowest BCUT2D eigenvalue weighted by molar-refractivity contribution is -0.136. The van der Waals surface area contributed by atoms with Crippen LogP contribution in [0.25, 0.3) is 6.08 Å². The first-order valence-electron chi connectivity index (χ1n) is 6.96. The summed E-state index contributed by atoms with van der Waals surface area (Å²) in [5, 5.41) is 0.677. The lowest BCUT2D eigenvalue weighted by atomic mass is 10.1. The fourth-order valence-corrected chi connectivity index (χ4v) is 2.47. The van der Waals surface area contributed by atoms with E-state index in [1.165, 1.54) is 0 Å². The van der Waals surface area contributed by atoms with E-state index in [1.54, 1.807) is 28.9 Å². The zero-order chi connectivity index (χ0) is 15.4. The summed E-state index contributed by atoms with van der Waals surface area (Å²) in [6, 6.07) is 7.37. The van der Waals surface area contributed by atoms with Gasteiger partial charge in [-0.05, 0) is 30.7 Å². The quantitative estimate of drug-likeness (QED) is 0.787. The molecule has 0 N–H and O–H groups in total. The second kappa shape index (κ2) is 6.76. The molecule has 0 radical (unpaired) electrons. The van der Waals surface area contributed by atoms with Gasteiger partial charge in [0.2, 0.25) is 11.8 Å². The maximum Gasteiger partial charge on any atom is 0.249 e. The Bertz CT molecular complexity index is 558. The number of nitrogens with zero attached hydrogens (tertiary/aromatic N) is 2. The molecular weight excluding hydrogens is 288 g/mol. The number of carbonyl (C=O) groups excluding carboxylic acids is 2. The Kier molecular flexibility index (Phi) is 5.02. The van der Waals surface area contributed by atoms with Crippen LogP contribution in [0.4, 0.5) is 0 Å². The molecule has 1 heterocycles. The highest BCUT2D eigenvalue weighted by Crippen LogP contribution is 2.14. The van der Waals surface area contributed by atoms with Crippen molar-refractivity contribution < 1.29 is 9.59 Å². The topological polar surface area (TPSA) is 40.6 Å². The Labute approximate surface area is 130 Å². The van der Waals surface area contributed by atoms with Crippen LogP contribution in [-0.4, -0.2) is 47.8 Å². The number of carbonyl (C=O) groups is 2. The third kappa shape index (κ3) is 4.08. The number of benzene rings is 1. The summed E-state index contributed by atoms with van der Waals surface area (Å²) in [6.07, 6.45) is 1.86. The zero-order valence-electron chi connectivity index (χ0n) is 12.3. The minimum Gasteiger partial charge on any atom is -0.339 e. The highest BCUT2D eigenvalue weighted by Gasteiger charge is 2.22. The summed E-state index contributed by atoms with van der Waals surface area (Å²) in [6.45, 7) is 5.76. The first-order chi connectivity index (χ1) is 9.97. The Hall–Kier alpha value is -1.81. The smallest absolute Gasteiger partial charge is 0.249 e. The van der Waals surface area contributed by atoms with Gasteiger partial charge in [0.05, 0.1) is 0 Å². The molecular formula is C16H19ClN2O2. The molecule has 0 aliphatic carbocycles. The molecule has 1 aromatic carbocycles. The van der Waals surface area contributed by atoms with Gasteiger partial charge in [-0.3, -0.25) is 9.59 Å². The SMILES string of the molecule is CC(=O)N1CCN(C(=O)/C(C)=C/c2ccc(Cl)cc2)CC1. The van der Waals surface area contributed by atoms with E-state index in [4.69, 9.17) is 11.6 Å². The molecule has 2 amide bonds. The van der Waals surface area contributed by atoms with E-state index in [-0.39, 0.29) is 11.8 Å². The average molecular weight is 307 g/mol. The van der Waals surface area contributed by atoms with Crippen LogP contribution >= 0.6 is 11.6 Å². The van der Waals surface area contributed by atoms with Crippen LogP contribution < -0.4 is 0 Å². The van der Waals surface area contributed by atoms with Crippen molar-refractivity contribution in [2.45, 2.75) is 13.8 Å². The molecule has 4 nitrogen and oxygen atoms in total. The van der Waals surface area contributed by atoms with Crippen molar-refractivity contribution in [3.63, 3.8) is 0 Å². The van der Waals surface area contributed by atoms with Crippen LogP contribution in [0.3, 0.4) is 0 Å². The molecule has 0 saturated carbocycles. The molecule has 1 fully saturated rings. The Morgan fingerprint density at radius 1 is 1.00 bits per heavy atom. The van der Waals surface area contributed by atoms with E-state index in [0.29, 0.717) is 36.8 Å². The maximum absolute atomic E-state index is 12.4. The predicted molar refractivity (Wildman–Crippen MR) is 83.9 cm³/mol. The minimum absolute atomic E-state index is 0.0214. The van der Waals surface area contributed by atoms with Gasteiger partial charge in [0.25, 0.3) is 0 Å². The van der Waals surface area contributed by atoms with Crippen LogP contribution in [0.15, 0.2) is 29.8 Å². The molecule has 5 heteroatoms. The van der Waals surface area contributed by atoms with Gasteiger partial charge < -0.3 is 9.80 Å². The fraction of sp³-hybridized carbons (Fsp3) is 0.375. The van der Waals surface area contributed by atoms with E-state index in [0.717, 1.165) is 5.56 Å². The van der Waals surface area contributed by atoms with Gasteiger partial charge in [-0.15, -0.1) is 0 Å². The van der Waals surface area contributed by atoms with Gasteiger partial charge in [0, 0.05) is 43.7 Å². The molecule has 21 heavy (non-hydrogen) atoms. The maximum atomic E-state index is 12.4. The van der Waals surface area contributed by atoms with E-state index in [2.05, 4.69) is 0 Å². The van der Waals surface area contributed by atoms with Crippen molar-refractivity contribution in [2.24, 2.45) is 0 Å². The number of hydrogen-bond acceptors (Lipinski definition) is 2. The second-order valence-electron chi connectivity index (χ2n) is 5.18. The normalized spacial score (nSPS) is 16.0. The summed E-state index contributed by atoms with van der Waals surface area (Å²) in [5.74, 6) is 0.0867. The van der Waals surface area contributed by atoms with Crippen molar-refractivity contribution in [3.8, 4) is 0 Å². The fourth-order valence-electron chi connectivity index (χ4n) is 2.34. The summed E-state index contributed by atoms with van der Waals surface area (Å²) in [4.78, 5) is 27.2. The van der Waals surface area contributed by atoms with Crippen molar-refractivity contribution in [3.05, 3.63) is 40.4 Å². The second-order valence-corrected chi connectivity index (χ2v) is 5.61. The Balaban J connectivity index is 2.00. The standard InChI is InChI=1S/C16H19ClN2O2/c1-12(11-14-3-5-15(17)6-4-14)16(21)19-9-7-18(8-10-19)13(2)20/h3-6,11H,7-10H2,1-2H3/b12-11+. The van der Waals surface area contributed by atoms with Crippen LogP contribution in [-0.2, 0) is 9.59 Å². The highest BCUT2D eigenvalue weighted by atomic mass is 35.5. The van der Waals surface area contributed by atoms with Gasteiger partial charge in [0.15, 0.2) is 0 Å². The molecule has 0 aromatic heterocycles. The van der Waals surface area contributed by atoms with Gasteiger partial charge in [-0.1, -0.05) is 23.7 Å². The lowest BCUT2D eigenvalue weighted by Gasteiger charge is -2.34. The molecule has 1 aliphatic rings. The van der Waals surface area contributed by atoms with Crippen LogP contribution in [0, 0.1) is 0 Å². The number of halogens is 1. The van der Waals surface area contributed by atoms with Crippen molar-refractivity contribution in [2.75, 3.05) is 26.2 Å². The van der Waals surface area contributed by atoms with Crippen molar-refractivity contribution in [1.29, 1.82) is 0 Å². The van der Waals surface area contributed by atoms with Crippen LogP contribution in [0.1, 0.15) is 19.4 Å². The van der Waals surface area contributed by atoms with Crippen LogP contribution in [0.5, 0.6) is 0 Å². The van der Waals surface area contributed by atoms with E-state index in [1.807, 2.05) is 25.1 Å². The monoisotopic (exact) mass is 306 g/mol. The Morgan fingerprint density at radius 2 is 1.52 bits per heavy atom. The molecule has 112 valence electrons. The largest absolute Gasteiger partial charge is 0.339 e. The zero-order valence-corrected chi connectivity index (χ0v) is 13.1. The molecule has 0 unspecified atom stereocenters. The molecule has 2 rings (SSSR count). The summed E-state index contributed by atoms with van der Waals surface area (Å²) in [5.41, 5.74) is 1.64. The first-order valence-corrected chi connectivity index (χ1v) is 7.34. The van der Waals surface area contributed by atoms with Gasteiger partial charge in [-0.25, -0.2) is 0 Å². The third-order valence-electron chi connectivity index (χ3n) is 3.60. The van der Waals surface area contributed by atoms with E-state index in [9.17, 15) is 9.59 Å². The van der Waals surface area contributed by atoms with Gasteiger partial charge in [-0.2, -0.15) is 0 Å². The highest BCUT2D eigenvalue weighted by molar-refractivity contribution is 6.30. The third-order valence-corrected chi connectivity index (χ3v) is 3.85. The van der Waals surface area contributed by atoms with Crippen LogP contribution in [0.2, 0.25) is 5.02 Å². The summed E-state index contributed by atoms with van der Waals surface area (Å²) >= 11 is 5.84.